The van der Waals surface area contributed by atoms with Crippen LogP contribution in [0.3, 0.4) is 0 Å². The zero-order chi connectivity index (χ0) is 19.9. The van der Waals surface area contributed by atoms with Crippen LogP contribution in [0.2, 0.25) is 10.0 Å². The van der Waals surface area contributed by atoms with Crippen LogP contribution in [0.1, 0.15) is 12.0 Å². The molecule has 0 amide bonds. The zero-order valence-corrected chi connectivity index (χ0v) is 17.7. The normalized spacial score (nSPS) is 12.6. The minimum atomic E-state index is -3.88. The van der Waals surface area contributed by atoms with Gasteiger partial charge in [0.1, 0.15) is 12.6 Å². The van der Waals surface area contributed by atoms with Crippen LogP contribution in [0.15, 0.2) is 53.4 Å². The van der Waals surface area contributed by atoms with Crippen molar-refractivity contribution in [3.05, 3.63) is 64.1 Å². The van der Waals surface area contributed by atoms with Crippen molar-refractivity contribution < 1.29 is 17.9 Å². The Morgan fingerprint density at radius 1 is 1.07 bits per heavy atom. The Balaban J connectivity index is 2.07. The van der Waals surface area contributed by atoms with Gasteiger partial charge in [-0.25, -0.2) is 8.42 Å². The third-order valence-corrected chi connectivity index (χ3v) is 6.25. The van der Waals surface area contributed by atoms with Crippen molar-refractivity contribution in [2.75, 3.05) is 12.0 Å². The molecule has 1 atom stereocenters. The molecule has 0 aliphatic rings. The standard InChI is InChI=1S/C18H19Cl2NO4S2/c1-26-11-10-17(18(22)25-12-13-2-4-14(19)5-3-13)21-27(23,24)16-8-6-15(20)7-9-16/h2-9,17,21H,10-12H2,1H3. The molecule has 2 aromatic rings. The number of sulfonamides is 1. The molecule has 5 nitrogen and oxygen atoms in total. The van der Waals surface area contributed by atoms with Crippen LogP contribution in [0.25, 0.3) is 0 Å². The van der Waals surface area contributed by atoms with Crippen molar-refractivity contribution in [1.82, 2.24) is 4.72 Å². The lowest BCUT2D eigenvalue weighted by atomic mass is 10.2. The third-order valence-electron chi connectivity index (χ3n) is 3.61. The van der Waals surface area contributed by atoms with Crippen LogP contribution in [0.4, 0.5) is 0 Å². The lowest BCUT2D eigenvalue weighted by Gasteiger charge is -2.17. The minimum absolute atomic E-state index is 0.0338. The van der Waals surface area contributed by atoms with Gasteiger partial charge in [0.05, 0.1) is 4.90 Å². The number of hydrogen-bond donors (Lipinski definition) is 1. The molecule has 0 radical (unpaired) electrons. The van der Waals surface area contributed by atoms with Crippen molar-refractivity contribution in [3.8, 4) is 0 Å². The summed E-state index contributed by atoms with van der Waals surface area (Å²) in [6.45, 7) is 0.0362. The molecule has 0 saturated heterocycles. The Hall–Kier alpha value is -1.25. The molecule has 1 unspecified atom stereocenters. The van der Waals surface area contributed by atoms with Crippen LogP contribution >= 0.6 is 35.0 Å². The highest BCUT2D eigenvalue weighted by atomic mass is 35.5. The SMILES string of the molecule is CSCCC(NS(=O)(=O)c1ccc(Cl)cc1)C(=O)OCc1ccc(Cl)cc1. The smallest absolute Gasteiger partial charge is 0.324 e. The van der Waals surface area contributed by atoms with Crippen molar-refractivity contribution in [1.29, 1.82) is 0 Å². The van der Waals surface area contributed by atoms with Crippen molar-refractivity contribution in [3.63, 3.8) is 0 Å². The maximum atomic E-state index is 12.5. The maximum Gasteiger partial charge on any atom is 0.324 e. The van der Waals surface area contributed by atoms with Crippen LogP contribution in [0, 0.1) is 0 Å². The number of hydrogen-bond acceptors (Lipinski definition) is 5. The second kappa shape index (κ2) is 10.3. The summed E-state index contributed by atoms with van der Waals surface area (Å²) in [5.74, 6) is -0.0272. The first-order valence-corrected chi connectivity index (χ1v) is 11.6. The number of carbonyl (C=O) groups excluding carboxylic acids is 1. The van der Waals surface area contributed by atoms with Gasteiger partial charge >= 0.3 is 5.97 Å². The quantitative estimate of drug-likeness (QED) is 0.584. The zero-order valence-electron chi connectivity index (χ0n) is 14.5. The summed E-state index contributed by atoms with van der Waals surface area (Å²) >= 11 is 13.1. The first-order valence-electron chi connectivity index (χ1n) is 8.00. The highest BCUT2D eigenvalue weighted by Gasteiger charge is 2.26. The summed E-state index contributed by atoms with van der Waals surface area (Å²) in [6.07, 6.45) is 2.19. The molecule has 0 aliphatic heterocycles. The number of nitrogens with one attached hydrogen (secondary N) is 1. The number of halogens is 2. The summed E-state index contributed by atoms with van der Waals surface area (Å²) in [6, 6.07) is 11.6. The number of thioether (sulfide) groups is 1. The Morgan fingerprint density at radius 2 is 1.63 bits per heavy atom. The Morgan fingerprint density at radius 3 is 2.19 bits per heavy atom. The average Bonchev–Trinajstić information content (AvgIpc) is 2.64. The van der Waals surface area contributed by atoms with Gasteiger partial charge in [-0.05, 0) is 60.4 Å². The third kappa shape index (κ3) is 7.01. The van der Waals surface area contributed by atoms with Crippen LogP contribution < -0.4 is 4.72 Å². The van der Waals surface area contributed by atoms with Gasteiger partial charge < -0.3 is 4.74 Å². The molecule has 2 aromatic carbocycles. The van der Waals surface area contributed by atoms with Gasteiger partial charge in [-0.15, -0.1) is 0 Å². The Bertz CT molecular complexity index is 856. The lowest BCUT2D eigenvalue weighted by molar-refractivity contribution is -0.147. The molecule has 0 aliphatic carbocycles. The molecule has 9 heteroatoms. The second-order valence-electron chi connectivity index (χ2n) is 5.64. The van der Waals surface area contributed by atoms with Gasteiger partial charge in [-0.2, -0.15) is 16.5 Å². The lowest BCUT2D eigenvalue weighted by Crippen LogP contribution is -2.42. The predicted octanol–water partition coefficient (Wildman–Crippen LogP) is 4.14. The van der Waals surface area contributed by atoms with E-state index in [1.54, 1.807) is 24.3 Å². The van der Waals surface area contributed by atoms with E-state index < -0.39 is 22.0 Å². The Kier molecular flexibility index (Phi) is 8.44. The molecular formula is C18H19Cl2NO4S2. The van der Waals surface area contributed by atoms with E-state index in [9.17, 15) is 13.2 Å². The molecule has 0 heterocycles. The molecule has 0 saturated carbocycles. The molecule has 27 heavy (non-hydrogen) atoms. The van der Waals surface area contributed by atoms with E-state index in [1.807, 2.05) is 6.26 Å². The number of benzene rings is 2. The van der Waals surface area contributed by atoms with Crippen LogP contribution in [0.5, 0.6) is 0 Å². The monoisotopic (exact) mass is 447 g/mol. The second-order valence-corrected chi connectivity index (χ2v) is 9.22. The van der Waals surface area contributed by atoms with Crippen LogP contribution in [-0.2, 0) is 26.2 Å². The van der Waals surface area contributed by atoms with E-state index in [2.05, 4.69) is 4.72 Å². The largest absolute Gasteiger partial charge is 0.460 e. The van der Waals surface area contributed by atoms with E-state index in [0.29, 0.717) is 22.2 Å². The first-order chi connectivity index (χ1) is 12.8. The van der Waals surface area contributed by atoms with E-state index in [-0.39, 0.29) is 11.5 Å². The number of ether oxygens (including phenoxy) is 1. The van der Waals surface area contributed by atoms with Crippen molar-refractivity contribution in [2.45, 2.75) is 24.0 Å². The fourth-order valence-electron chi connectivity index (χ4n) is 2.17. The molecule has 0 bridgehead atoms. The predicted molar refractivity (Wildman–Crippen MR) is 110 cm³/mol. The van der Waals surface area contributed by atoms with Gasteiger partial charge in [0.25, 0.3) is 0 Å². The molecule has 146 valence electrons. The molecule has 0 aromatic heterocycles. The summed E-state index contributed by atoms with van der Waals surface area (Å²) in [4.78, 5) is 12.5. The van der Waals surface area contributed by atoms with Crippen molar-refractivity contribution >= 4 is 51.0 Å². The van der Waals surface area contributed by atoms with Crippen molar-refractivity contribution in [2.24, 2.45) is 0 Å². The molecule has 1 N–H and O–H groups in total. The average molecular weight is 448 g/mol. The van der Waals surface area contributed by atoms with E-state index in [4.69, 9.17) is 27.9 Å². The van der Waals surface area contributed by atoms with Gasteiger partial charge in [0.15, 0.2) is 0 Å². The van der Waals surface area contributed by atoms with E-state index in [0.717, 1.165) is 5.56 Å². The summed E-state index contributed by atoms with van der Waals surface area (Å²) < 4.78 is 32.8. The van der Waals surface area contributed by atoms with Crippen LogP contribution in [-0.4, -0.2) is 32.4 Å². The summed E-state index contributed by atoms with van der Waals surface area (Å²) in [5, 5.41) is 1.01. The number of rotatable bonds is 9. The van der Waals surface area contributed by atoms with E-state index >= 15 is 0 Å². The Labute approximate surface area is 173 Å². The fourth-order valence-corrected chi connectivity index (χ4v) is 4.11. The molecule has 2 rings (SSSR count). The number of esters is 1. The summed E-state index contributed by atoms with van der Waals surface area (Å²) in [5.41, 5.74) is 0.761. The maximum absolute atomic E-state index is 12.5. The molecule has 0 fully saturated rings. The molecular weight excluding hydrogens is 429 g/mol. The minimum Gasteiger partial charge on any atom is -0.460 e. The molecule has 0 spiro atoms. The van der Waals surface area contributed by atoms with Gasteiger partial charge in [-0.1, -0.05) is 35.3 Å². The first kappa shape index (κ1) is 22.0. The topological polar surface area (TPSA) is 72.5 Å². The fraction of sp³-hybridized carbons (Fsp3) is 0.278. The number of carbonyl (C=O) groups is 1. The van der Waals surface area contributed by atoms with Gasteiger partial charge in [-0.3, -0.25) is 4.79 Å². The highest BCUT2D eigenvalue weighted by molar-refractivity contribution is 7.98. The van der Waals surface area contributed by atoms with E-state index in [1.165, 1.54) is 36.0 Å². The van der Waals surface area contributed by atoms with Gasteiger partial charge in [0.2, 0.25) is 10.0 Å². The van der Waals surface area contributed by atoms with Gasteiger partial charge in [0, 0.05) is 10.0 Å². The highest BCUT2D eigenvalue weighted by Crippen LogP contribution is 2.16. The summed E-state index contributed by atoms with van der Waals surface area (Å²) in [7, 11) is -3.88.